The first kappa shape index (κ1) is 20.8. The van der Waals surface area contributed by atoms with E-state index in [9.17, 15) is 18.0 Å². The number of anilines is 1. The van der Waals surface area contributed by atoms with Crippen LogP contribution < -0.4 is 10.6 Å². The number of urea groups is 1. The molecule has 3 rings (SSSR count). The lowest BCUT2D eigenvalue weighted by Crippen LogP contribution is -2.39. The van der Waals surface area contributed by atoms with Crippen LogP contribution in [0.15, 0.2) is 46.5 Å². The summed E-state index contributed by atoms with van der Waals surface area (Å²) < 4.78 is 38.3. The maximum Gasteiger partial charge on any atom is 0.417 e. The molecular weight excluding hydrogens is 411 g/mol. The van der Waals surface area contributed by atoms with Gasteiger partial charge in [0.1, 0.15) is 5.03 Å². The normalized spacial score (nSPS) is 15.3. The minimum absolute atomic E-state index is 0.0960. The molecule has 1 saturated carbocycles. The van der Waals surface area contributed by atoms with E-state index in [0.717, 1.165) is 49.7 Å². The summed E-state index contributed by atoms with van der Waals surface area (Å²) in [5.41, 5.74) is -0.362. The molecule has 0 atom stereocenters. The number of rotatable bonds is 4. The summed E-state index contributed by atoms with van der Waals surface area (Å²) in [4.78, 5) is 16.8. The lowest BCUT2D eigenvalue weighted by atomic mass is 9.96. The van der Waals surface area contributed by atoms with Crippen molar-refractivity contribution in [1.82, 2.24) is 10.3 Å². The monoisotopic (exact) mass is 429 g/mol. The van der Waals surface area contributed by atoms with Crippen molar-refractivity contribution in [3.8, 4) is 0 Å². The first-order valence-corrected chi connectivity index (χ1v) is 10.1. The highest BCUT2D eigenvalue weighted by Gasteiger charge is 2.31. The van der Waals surface area contributed by atoms with Crippen molar-refractivity contribution in [2.45, 2.75) is 54.2 Å². The quantitative estimate of drug-likeness (QED) is 0.594. The highest BCUT2D eigenvalue weighted by molar-refractivity contribution is 7.99. The van der Waals surface area contributed by atoms with Crippen molar-refractivity contribution in [3.63, 3.8) is 0 Å². The Morgan fingerprint density at radius 3 is 2.57 bits per heavy atom. The van der Waals surface area contributed by atoms with E-state index in [1.54, 1.807) is 24.3 Å². The van der Waals surface area contributed by atoms with Crippen LogP contribution >= 0.6 is 23.4 Å². The number of aromatic nitrogens is 1. The van der Waals surface area contributed by atoms with E-state index < -0.39 is 11.7 Å². The molecule has 1 aromatic carbocycles. The molecule has 9 heteroatoms. The Hall–Kier alpha value is -1.93. The molecule has 0 bridgehead atoms. The van der Waals surface area contributed by atoms with E-state index >= 15 is 0 Å². The van der Waals surface area contributed by atoms with Crippen LogP contribution in [0, 0.1) is 0 Å². The van der Waals surface area contributed by atoms with Gasteiger partial charge in [-0.2, -0.15) is 13.2 Å². The third-order valence-electron chi connectivity index (χ3n) is 4.42. The van der Waals surface area contributed by atoms with Crippen LogP contribution in [0.2, 0.25) is 5.02 Å². The molecule has 2 aromatic rings. The first-order chi connectivity index (χ1) is 13.3. The van der Waals surface area contributed by atoms with Gasteiger partial charge in [0.15, 0.2) is 0 Å². The summed E-state index contributed by atoms with van der Waals surface area (Å²) in [6.45, 7) is 0. The number of para-hydroxylation sites is 1. The van der Waals surface area contributed by atoms with E-state index in [2.05, 4.69) is 15.6 Å². The molecule has 0 radical (unpaired) electrons. The van der Waals surface area contributed by atoms with Crippen LogP contribution in [0.1, 0.15) is 37.7 Å². The number of benzene rings is 1. The average molecular weight is 430 g/mol. The van der Waals surface area contributed by atoms with E-state index in [0.29, 0.717) is 10.6 Å². The van der Waals surface area contributed by atoms with Gasteiger partial charge in [-0.25, -0.2) is 9.78 Å². The fraction of sp³-hybridized carbons (Fsp3) is 0.368. The molecule has 2 amide bonds. The predicted octanol–water partition coefficient (Wildman–Crippen LogP) is 6.36. The van der Waals surface area contributed by atoms with Gasteiger partial charge < -0.3 is 10.6 Å². The standard InChI is InChI=1S/C19H19ClF3N3OS/c20-14-10-12(19(21,22)23)11-24-17(14)28-16-9-5-4-8-15(16)26-18(27)25-13-6-2-1-3-7-13/h4-5,8-11,13H,1-3,6-7H2,(H2,25,26,27). The maximum atomic E-state index is 12.8. The molecule has 0 spiro atoms. The molecular formula is C19H19ClF3N3OS. The smallest absolute Gasteiger partial charge is 0.335 e. The van der Waals surface area contributed by atoms with Gasteiger partial charge in [-0.3, -0.25) is 0 Å². The zero-order chi connectivity index (χ0) is 20.1. The van der Waals surface area contributed by atoms with Gasteiger partial charge in [-0.05, 0) is 31.0 Å². The average Bonchev–Trinajstić information content (AvgIpc) is 2.65. The molecule has 2 N–H and O–H groups in total. The van der Waals surface area contributed by atoms with E-state index in [1.807, 2.05) is 0 Å². The Labute approximate surface area is 170 Å². The fourth-order valence-corrected chi connectivity index (χ4v) is 4.14. The highest BCUT2D eigenvalue weighted by atomic mass is 35.5. The molecule has 1 heterocycles. The van der Waals surface area contributed by atoms with Crippen molar-refractivity contribution >= 4 is 35.1 Å². The molecule has 4 nitrogen and oxygen atoms in total. The molecule has 1 aliphatic rings. The summed E-state index contributed by atoms with van der Waals surface area (Å²) in [6.07, 6.45) is 1.59. The van der Waals surface area contributed by atoms with Crippen LogP contribution in [0.5, 0.6) is 0 Å². The van der Waals surface area contributed by atoms with Gasteiger partial charge in [0.2, 0.25) is 0 Å². The number of carbonyl (C=O) groups excluding carboxylic acids is 1. The second-order valence-corrected chi connectivity index (χ2v) is 7.98. The number of halogens is 4. The number of pyridine rings is 1. The second kappa shape index (κ2) is 9.05. The zero-order valence-corrected chi connectivity index (χ0v) is 16.4. The van der Waals surface area contributed by atoms with Gasteiger partial charge in [0.05, 0.1) is 16.3 Å². The van der Waals surface area contributed by atoms with Crippen molar-refractivity contribution in [2.75, 3.05) is 5.32 Å². The molecule has 0 saturated heterocycles. The summed E-state index contributed by atoms with van der Waals surface area (Å²) in [5, 5.41) is 5.92. The molecule has 28 heavy (non-hydrogen) atoms. The Morgan fingerprint density at radius 2 is 1.89 bits per heavy atom. The number of amides is 2. The highest BCUT2D eigenvalue weighted by Crippen LogP contribution is 2.38. The lowest BCUT2D eigenvalue weighted by Gasteiger charge is -2.23. The minimum Gasteiger partial charge on any atom is -0.335 e. The summed E-state index contributed by atoms with van der Waals surface area (Å²) in [7, 11) is 0. The number of carbonyl (C=O) groups is 1. The Bertz CT molecular complexity index is 841. The topological polar surface area (TPSA) is 54.0 Å². The molecule has 1 aliphatic carbocycles. The van der Waals surface area contributed by atoms with Gasteiger partial charge in [-0.1, -0.05) is 54.8 Å². The van der Waals surface area contributed by atoms with Gasteiger partial charge in [0.25, 0.3) is 0 Å². The Balaban J connectivity index is 1.71. The third kappa shape index (κ3) is 5.54. The minimum atomic E-state index is -4.50. The number of alkyl halides is 3. The van der Waals surface area contributed by atoms with Crippen LogP contribution in [0.3, 0.4) is 0 Å². The Morgan fingerprint density at radius 1 is 1.18 bits per heavy atom. The van der Waals surface area contributed by atoms with Crippen molar-refractivity contribution in [1.29, 1.82) is 0 Å². The van der Waals surface area contributed by atoms with E-state index in [1.165, 1.54) is 6.42 Å². The summed E-state index contributed by atoms with van der Waals surface area (Å²) >= 11 is 7.08. The van der Waals surface area contributed by atoms with Crippen LogP contribution in [-0.4, -0.2) is 17.1 Å². The molecule has 0 aliphatic heterocycles. The summed E-state index contributed by atoms with van der Waals surface area (Å²) in [5.74, 6) is 0. The van der Waals surface area contributed by atoms with Gasteiger partial charge in [-0.15, -0.1) is 0 Å². The third-order valence-corrected chi connectivity index (χ3v) is 5.91. The largest absolute Gasteiger partial charge is 0.417 e. The van der Waals surface area contributed by atoms with Crippen molar-refractivity contribution in [2.24, 2.45) is 0 Å². The van der Waals surface area contributed by atoms with Crippen molar-refractivity contribution < 1.29 is 18.0 Å². The predicted molar refractivity (Wildman–Crippen MR) is 104 cm³/mol. The number of hydrogen-bond acceptors (Lipinski definition) is 3. The molecule has 0 unspecified atom stereocenters. The Kier molecular flexibility index (Phi) is 6.72. The molecule has 1 aromatic heterocycles. The van der Waals surface area contributed by atoms with E-state index in [-0.39, 0.29) is 22.1 Å². The van der Waals surface area contributed by atoms with E-state index in [4.69, 9.17) is 11.6 Å². The van der Waals surface area contributed by atoms with Crippen LogP contribution in [0.25, 0.3) is 0 Å². The number of hydrogen-bond donors (Lipinski definition) is 2. The van der Waals surface area contributed by atoms with Crippen LogP contribution in [-0.2, 0) is 6.18 Å². The fourth-order valence-electron chi connectivity index (χ4n) is 3.01. The number of nitrogens with zero attached hydrogens (tertiary/aromatic N) is 1. The maximum absolute atomic E-state index is 12.8. The molecule has 1 fully saturated rings. The SMILES string of the molecule is O=C(Nc1ccccc1Sc1ncc(C(F)(F)F)cc1Cl)NC1CCCCC1. The number of nitrogens with one attached hydrogen (secondary N) is 2. The lowest BCUT2D eigenvalue weighted by molar-refractivity contribution is -0.137. The summed E-state index contributed by atoms with van der Waals surface area (Å²) in [6, 6.07) is 7.72. The second-order valence-electron chi connectivity index (χ2n) is 6.54. The first-order valence-electron chi connectivity index (χ1n) is 8.90. The van der Waals surface area contributed by atoms with Gasteiger partial charge in [0, 0.05) is 17.1 Å². The zero-order valence-electron chi connectivity index (χ0n) is 14.9. The van der Waals surface area contributed by atoms with Crippen LogP contribution in [0.4, 0.5) is 23.7 Å². The van der Waals surface area contributed by atoms with Crippen molar-refractivity contribution in [3.05, 3.63) is 47.1 Å². The van der Waals surface area contributed by atoms with Gasteiger partial charge >= 0.3 is 12.2 Å². The molecule has 150 valence electrons.